The molecule has 0 unspecified atom stereocenters. The second-order valence-corrected chi connectivity index (χ2v) is 9.71. The topological polar surface area (TPSA) is 279 Å². The van der Waals surface area contributed by atoms with Crippen molar-refractivity contribution >= 4 is 40.7 Å². The number of hydrogen-bond donors (Lipinski definition) is 7. The summed E-state index contributed by atoms with van der Waals surface area (Å²) in [7, 11) is 0. The fraction of sp³-hybridized carbons (Fsp3) is 0.500. The first-order valence-electron chi connectivity index (χ1n) is 12.7. The highest BCUT2D eigenvalue weighted by atomic mass is 16.6. The number of aromatic nitrogens is 1. The number of nitrogens with two attached hydrogens (primary N) is 5. The van der Waals surface area contributed by atoms with Crippen molar-refractivity contribution in [1.29, 1.82) is 0 Å². The third-order valence-corrected chi connectivity index (χ3v) is 5.78. The highest BCUT2D eigenvalue weighted by Gasteiger charge is 2.27. The van der Waals surface area contributed by atoms with Crippen LogP contribution in [0, 0.1) is 5.92 Å². The second-order valence-electron chi connectivity index (χ2n) is 9.71. The van der Waals surface area contributed by atoms with Crippen molar-refractivity contribution in [3.05, 3.63) is 36.0 Å². The molecule has 0 fully saturated rings. The lowest BCUT2D eigenvalue weighted by atomic mass is 10.1. The molecule has 0 aliphatic carbocycles. The van der Waals surface area contributed by atoms with Gasteiger partial charge in [0, 0.05) is 23.5 Å². The summed E-state index contributed by atoms with van der Waals surface area (Å²) in [5.41, 5.74) is 29.2. The molecule has 1 aromatic heterocycles. The number of carbonyl (C=O) groups is 5. The van der Waals surface area contributed by atoms with Crippen LogP contribution in [0.4, 0.5) is 0 Å². The Hall–Kier alpha value is -3.89. The van der Waals surface area contributed by atoms with Crippen molar-refractivity contribution < 1.29 is 43.3 Å². The van der Waals surface area contributed by atoms with Crippen LogP contribution in [0.15, 0.2) is 30.5 Å². The van der Waals surface area contributed by atoms with Gasteiger partial charge < -0.3 is 53.0 Å². The number of rotatable bonds is 12. The standard InChI is InChI=1S/C19H26N4O5.C7H14N2O4/c1-10(2)16(22)19(26)27-9-14(21)18(25)28-17(24)13(20)7-11-8-23-15-6-4-3-5-12(11)15;1-3(8)7(12)13-4(2)5(9)6(10)11/h3-6,8,10,13-14,16,23H,7,9,20-22H2,1-2H3;3-5H,8-9H2,1-2H3,(H,10,11)/t13-,14-,16-;3-,4+,5-/m00/s1. The van der Waals surface area contributed by atoms with E-state index in [1.807, 2.05) is 24.3 Å². The highest BCUT2D eigenvalue weighted by Crippen LogP contribution is 2.19. The number of benzene rings is 1. The molecule has 228 valence electrons. The fourth-order valence-electron chi connectivity index (χ4n) is 3.04. The van der Waals surface area contributed by atoms with Gasteiger partial charge in [-0.25, -0.2) is 9.59 Å². The van der Waals surface area contributed by atoms with Gasteiger partial charge >= 0.3 is 29.8 Å². The molecular weight excluding hydrogens is 540 g/mol. The van der Waals surface area contributed by atoms with Gasteiger partial charge in [0.05, 0.1) is 0 Å². The van der Waals surface area contributed by atoms with Crippen molar-refractivity contribution in [2.75, 3.05) is 6.61 Å². The summed E-state index contributed by atoms with van der Waals surface area (Å²) < 4.78 is 14.3. The van der Waals surface area contributed by atoms with Gasteiger partial charge in [-0.1, -0.05) is 32.0 Å². The molecule has 0 spiro atoms. The molecule has 0 aliphatic heterocycles. The lowest BCUT2D eigenvalue weighted by Crippen LogP contribution is -2.44. The zero-order chi connectivity index (χ0) is 31.4. The molecule has 0 saturated carbocycles. The summed E-state index contributed by atoms with van der Waals surface area (Å²) in [5, 5.41) is 9.39. The maximum absolute atomic E-state index is 12.1. The van der Waals surface area contributed by atoms with E-state index >= 15 is 0 Å². The number of ether oxygens (including phenoxy) is 3. The monoisotopic (exact) mass is 580 g/mol. The molecule has 1 aromatic carbocycles. The van der Waals surface area contributed by atoms with E-state index in [1.165, 1.54) is 13.8 Å². The summed E-state index contributed by atoms with van der Waals surface area (Å²) in [6, 6.07) is 2.38. The second kappa shape index (κ2) is 16.4. The van der Waals surface area contributed by atoms with Gasteiger partial charge in [-0.2, -0.15) is 0 Å². The van der Waals surface area contributed by atoms with Gasteiger partial charge in [-0.05, 0) is 31.4 Å². The predicted molar refractivity (Wildman–Crippen MR) is 148 cm³/mol. The van der Waals surface area contributed by atoms with E-state index in [4.69, 9.17) is 43.2 Å². The van der Waals surface area contributed by atoms with E-state index in [2.05, 4.69) is 9.72 Å². The van der Waals surface area contributed by atoms with Crippen molar-refractivity contribution in [1.82, 2.24) is 4.98 Å². The molecule has 0 radical (unpaired) electrons. The van der Waals surface area contributed by atoms with Crippen LogP contribution in [0.1, 0.15) is 33.3 Å². The van der Waals surface area contributed by atoms with Gasteiger partial charge in [0.1, 0.15) is 42.9 Å². The van der Waals surface area contributed by atoms with E-state index in [0.717, 1.165) is 16.5 Å². The molecule has 41 heavy (non-hydrogen) atoms. The Kier molecular flexibility index (Phi) is 14.0. The zero-order valence-corrected chi connectivity index (χ0v) is 23.4. The summed E-state index contributed by atoms with van der Waals surface area (Å²) >= 11 is 0. The summed E-state index contributed by atoms with van der Waals surface area (Å²) in [5.74, 6) is -4.62. The average molecular weight is 581 g/mol. The summed E-state index contributed by atoms with van der Waals surface area (Å²) in [4.78, 5) is 60.0. The van der Waals surface area contributed by atoms with E-state index in [0.29, 0.717) is 0 Å². The number of carbonyl (C=O) groups excluding carboxylic acids is 4. The first kappa shape index (κ1) is 35.1. The van der Waals surface area contributed by atoms with Crippen LogP contribution in [-0.4, -0.2) is 82.9 Å². The molecule has 15 nitrogen and oxygen atoms in total. The van der Waals surface area contributed by atoms with Gasteiger partial charge in [-0.15, -0.1) is 0 Å². The maximum atomic E-state index is 12.1. The molecule has 2 aromatic rings. The molecule has 1 heterocycles. The molecule has 0 bridgehead atoms. The molecule has 6 atom stereocenters. The maximum Gasteiger partial charge on any atom is 0.334 e. The molecule has 0 amide bonds. The van der Waals surface area contributed by atoms with Gasteiger partial charge in [0.2, 0.25) is 0 Å². The number of carboxylic acids is 1. The van der Waals surface area contributed by atoms with Crippen LogP contribution in [0.3, 0.4) is 0 Å². The Morgan fingerprint density at radius 2 is 1.41 bits per heavy atom. The van der Waals surface area contributed by atoms with Crippen LogP contribution >= 0.6 is 0 Å². The highest BCUT2D eigenvalue weighted by molar-refractivity contribution is 5.91. The number of carboxylic acid groups (broad SMARTS) is 1. The number of aliphatic carboxylic acids is 1. The lowest BCUT2D eigenvalue weighted by molar-refractivity contribution is -0.163. The lowest BCUT2D eigenvalue weighted by Gasteiger charge is -2.17. The van der Waals surface area contributed by atoms with Crippen molar-refractivity contribution in [3.63, 3.8) is 0 Å². The van der Waals surface area contributed by atoms with Gasteiger partial charge in [-0.3, -0.25) is 14.4 Å². The van der Waals surface area contributed by atoms with Gasteiger partial charge in [0.15, 0.2) is 0 Å². The van der Waals surface area contributed by atoms with E-state index < -0.39 is 72.8 Å². The largest absolute Gasteiger partial charge is 0.480 e. The third kappa shape index (κ3) is 11.3. The number of hydrogen-bond acceptors (Lipinski definition) is 13. The molecule has 15 heteroatoms. The minimum absolute atomic E-state index is 0.125. The number of fused-ring (bicyclic) bond motifs is 1. The Balaban J connectivity index is 0.000000545. The first-order valence-corrected chi connectivity index (χ1v) is 12.7. The summed E-state index contributed by atoms with van der Waals surface area (Å²) in [6.45, 7) is 5.92. The minimum atomic E-state index is -1.31. The van der Waals surface area contributed by atoms with E-state index in [-0.39, 0.29) is 12.3 Å². The van der Waals surface area contributed by atoms with Crippen molar-refractivity contribution in [3.8, 4) is 0 Å². The van der Waals surface area contributed by atoms with Crippen molar-refractivity contribution in [2.24, 2.45) is 34.6 Å². The SMILES string of the molecule is CC(C)[C@H](N)C(=O)OC[C@H](N)C(=O)OC(=O)[C@@H](N)Cc1c[nH]c2ccccc12.C[C@H](N)C(=O)O[C@H](C)[C@H](N)C(=O)O. The Morgan fingerprint density at radius 3 is 1.98 bits per heavy atom. The van der Waals surface area contributed by atoms with Crippen LogP contribution < -0.4 is 28.7 Å². The number of para-hydroxylation sites is 1. The quantitative estimate of drug-likeness (QED) is 0.0867. The zero-order valence-electron chi connectivity index (χ0n) is 23.4. The fourth-order valence-corrected chi connectivity index (χ4v) is 3.04. The van der Waals surface area contributed by atoms with Crippen LogP contribution in [0.2, 0.25) is 0 Å². The molecular formula is C26H40N6O9. The van der Waals surface area contributed by atoms with Crippen LogP contribution in [0.25, 0.3) is 10.9 Å². The Bertz CT molecular complexity index is 1200. The Morgan fingerprint density at radius 1 is 0.829 bits per heavy atom. The Labute approximate surface area is 237 Å². The molecule has 0 aliphatic rings. The van der Waals surface area contributed by atoms with Crippen molar-refractivity contribution in [2.45, 2.75) is 70.4 Å². The predicted octanol–water partition coefficient (Wildman–Crippen LogP) is -1.36. The molecule has 12 N–H and O–H groups in total. The van der Waals surface area contributed by atoms with E-state index in [9.17, 15) is 24.0 Å². The number of aromatic amines is 1. The normalized spacial score (nSPS) is 15.4. The number of nitrogens with one attached hydrogen (secondary N) is 1. The van der Waals surface area contributed by atoms with Gasteiger partial charge in [0.25, 0.3) is 0 Å². The molecule has 2 rings (SSSR count). The molecule has 0 saturated heterocycles. The number of H-pyrrole nitrogens is 1. The van der Waals surface area contributed by atoms with Crippen LogP contribution in [0.5, 0.6) is 0 Å². The van der Waals surface area contributed by atoms with Crippen LogP contribution in [-0.2, 0) is 44.6 Å². The summed E-state index contributed by atoms with van der Waals surface area (Å²) in [6.07, 6.45) is 1.06. The average Bonchev–Trinajstić information content (AvgIpc) is 3.32. The smallest absolute Gasteiger partial charge is 0.334 e. The number of esters is 4. The first-order chi connectivity index (χ1) is 19.1. The third-order valence-electron chi connectivity index (χ3n) is 5.78. The minimum Gasteiger partial charge on any atom is -0.480 e. The van der Waals surface area contributed by atoms with E-state index in [1.54, 1.807) is 20.0 Å².